The fourth-order valence-electron chi connectivity index (χ4n) is 1.43. The number of piperazine rings is 1. The van der Waals surface area contributed by atoms with Gasteiger partial charge in [0.25, 0.3) is 0 Å². The minimum absolute atomic E-state index is 0.601. The van der Waals surface area contributed by atoms with Gasteiger partial charge in [0.05, 0.1) is 6.20 Å². The van der Waals surface area contributed by atoms with Crippen LogP contribution in [0.1, 0.15) is 5.01 Å². The zero-order valence-corrected chi connectivity index (χ0v) is 8.66. The summed E-state index contributed by atoms with van der Waals surface area (Å²) >= 11 is 0.708. The fourth-order valence-corrected chi connectivity index (χ4v) is 2.26. The van der Waals surface area contributed by atoms with Crippen LogP contribution in [-0.2, 0) is 6.18 Å². The topological polar surface area (TPSA) is 28.2 Å². The second-order valence-corrected chi connectivity index (χ2v) is 4.25. The molecular weight excluding hydrogens is 227 g/mol. The molecular formula is C8H10F3N3S. The average Bonchev–Trinajstić information content (AvgIpc) is 2.67. The molecule has 7 heteroatoms. The van der Waals surface area contributed by atoms with E-state index in [4.69, 9.17) is 0 Å². The Morgan fingerprint density at radius 2 is 2.00 bits per heavy atom. The lowest BCUT2D eigenvalue weighted by Crippen LogP contribution is -2.43. The maximum Gasteiger partial charge on any atom is 0.443 e. The molecule has 1 aliphatic heterocycles. The van der Waals surface area contributed by atoms with Gasteiger partial charge in [-0.1, -0.05) is 11.3 Å². The lowest BCUT2D eigenvalue weighted by molar-refractivity contribution is -0.137. The van der Waals surface area contributed by atoms with E-state index in [0.29, 0.717) is 16.3 Å². The molecule has 2 heterocycles. The van der Waals surface area contributed by atoms with Crippen LogP contribution in [0, 0.1) is 0 Å². The first kappa shape index (κ1) is 10.7. The molecule has 0 aliphatic carbocycles. The summed E-state index contributed by atoms with van der Waals surface area (Å²) in [4.78, 5) is 5.31. The Morgan fingerprint density at radius 3 is 2.53 bits per heavy atom. The molecule has 15 heavy (non-hydrogen) atoms. The van der Waals surface area contributed by atoms with Crippen molar-refractivity contribution < 1.29 is 13.2 Å². The molecule has 0 spiro atoms. The lowest BCUT2D eigenvalue weighted by Gasteiger charge is -2.27. The first-order valence-corrected chi connectivity index (χ1v) is 5.38. The Hall–Kier alpha value is -0.820. The SMILES string of the molecule is FC(F)(F)c1ncc(N2CCNCC2)s1. The molecule has 3 nitrogen and oxygen atoms in total. The van der Waals surface area contributed by atoms with Crippen molar-refractivity contribution in [1.29, 1.82) is 0 Å². The number of nitrogens with one attached hydrogen (secondary N) is 1. The van der Waals surface area contributed by atoms with Crippen LogP contribution < -0.4 is 10.2 Å². The van der Waals surface area contributed by atoms with E-state index in [2.05, 4.69) is 10.3 Å². The van der Waals surface area contributed by atoms with E-state index in [-0.39, 0.29) is 0 Å². The van der Waals surface area contributed by atoms with Gasteiger partial charge >= 0.3 is 6.18 Å². The molecule has 1 aliphatic rings. The first-order valence-electron chi connectivity index (χ1n) is 4.56. The van der Waals surface area contributed by atoms with Gasteiger partial charge in [-0.3, -0.25) is 0 Å². The highest BCUT2D eigenvalue weighted by Crippen LogP contribution is 2.35. The van der Waals surface area contributed by atoms with Crippen LogP contribution in [0.4, 0.5) is 18.2 Å². The molecule has 0 saturated carbocycles. The van der Waals surface area contributed by atoms with Crippen molar-refractivity contribution in [2.24, 2.45) is 0 Å². The Balaban J connectivity index is 2.12. The molecule has 1 aromatic heterocycles. The summed E-state index contributed by atoms with van der Waals surface area (Å²) in [7, 11) is 0. The normalized spacial score (nSPS) is 18.2. The van der Waals surface area contributed by atoms with Gasteiger partial charge in [-0.2, -0.15) is 13.2 Å². The van der Waals surface area contributed by atoms with Crippen LogP contribution in [-0.4, -0.2) is 31.2 Å². The molecule has 1 N–H and O–H groups in total. The standard InChI is InChI=1S/C8H10F3N3S/c9-8(10,11)7-13-5-6(15-7)14-3-1-12-2-4-14/h5,12H,1-4H2. The highest BCUT2D eigenvalue weighted by atomic mass is 32.1. The summed E-state index contributed by atoms with van der Waals surface area (Å²) in [6.45, 7) is 3.08. The Morgan fingerprint density at radius 1 is 1.33 bits per heavy atom. The number of hydrogen-bond donors (Lipinski definition) is 1. The molecule has 1 fully saturated rings. The molecule has 0 bridgehead atoms. The summed E-state index contributed by atoms with van der Waals surface area (Å²) in [5.41, 5.74) is 0. The lowest BCUT2D eigenvalue weighted by atomic mass is 10.4. The van der Waals surface area contributed by atoms with Crippen molar-refractivity contribution >= 4 is 16.3 Å². The van der Waals surface area contributed by atoms with E-state index < -0.39 is 11.2 Å². The molecule has 0 amide bonds. The number of hydrogen-bond acceptors (Lipinski definition) is 4. The Labute approximate surface area is 88.9 Å². The smallest absolute Gasteiger partial charge is 0.360 e. The predicted octanol–water partition coefficient (Wildman–Crippen LogP) is 1.57. The van der Waals surface area contributed by atoms with Crippen molar-refractivity contribution in [3.05, 3.63) is 11.2 Å². The van der Waals surface area contributed by atoms with Crippen LogP contribution in [0.15, 0.2) is 6.20 Å². The van der Waals surface area contributed by atoms with Crippen molar-refractivity contribution in [3.8, 4) is 0 Å². The second-order valence-electron chi connectivity index (χ2n) is 3.24. The van der Waals surface area contributed by atoms with Crippen LogP contribution in [0.3, 0.4) is 0 Å². The number of nitrogens with zero attached hydrogens (tertiary/aromatic N) is 2. The summed E-state index contributed by atoms with van der Waals surface area (Å²) < 4.78 is 36.9. The third-order valence-corrected chi connectivity index (χ3v) is 3.27. The predicted molar refractivity (Wildman–Crippen MR) is 52.2 cm³/mol. The summed E-state index contributed by atoms with van der Waals surface area (Å²) in [6.07, 6.45) is -3.02. The highest BCUT2D eigenvalue weighted by molar-refractivity contribution is 7.15. The number of aromatic nitrogens is 1. The van der Waals surface area contributed by atoms with Crippen LogP contribution in [0.2, 0.25) is 0 Å². The maximum atomic E-state index is 12.3. The summed E-state index contributed by atoms with van der Waals surface area (Å²) in [5, 5.41) is 2.98. The van der Waals surface area contributed by atoms with Gasteiger partial charge in [0, 0.05) is 26.2 Å². The molecule has 0 radical (unpaired) electrons. The van der Waals surface area contributed by atoms with Gasteiger partial charge in [0.1, 0.15) is 5.00 Å². The van der Waals surface area contributed by atoms with Gasteiger partial charge in [0.2, 0.25) is 0 Å². The Kier molecular flexibility index (Phi) is 2.83. The highest BCUT2D eigenvalue weighted by Gasteiger charge is 2.35. The molecule has 1 aromatic rings. The van der Waals surface area contributed by atoms with Crippen molar-refractivity contribution in [1.82, 2.24) is 10.3 Å². The van der Waals surface area contributed by atoms with E-state index >= 15 is 0 Å². The number of rotatable bonds is 1. The second kappa shape index (κ2) is 3.97. The largest absolute Gasteiger partial charge is 0.443 e. The Bertz CT molecular complexity index is 330. The molecule has 0 aromatic carbocycles. The van der Waals surface area contributed by atoms with E-state index in [1.54, 1.807) is 0 Å². The van der Waals surface area contributed by atoms with E-state index in [9.17, 15) is 13.2 Å². The molecule has 2 rings (SSSR count). The third kappa shape index (κ3) is 2.40. The zero-order valence-electron chi connectivity index (χ0n) is 7.84. The molecule has 0 unspecified atom stereocenters. The quantitative estimate of drug-likeness (QED) is 0.803. The van der Waals surface area contributed by atoms with Crippen molar-refractivity contribution in [2.75, 3.05) is 31.1 Å². The number of alkyl halides is 3. The van der Waals surface area contributed by atoms with E-state index in [0.717, 1.165) is 26.2 Å². The number of thiazole rings is 1. The van der Waals surface area contributed by atoms with Crippen molar-refractivity contribution in [2.45, 2.75) is 6.18 Å². The number of anilines is 1. The van der Waals surface area contributed by atoms with Crippen LogP contribution in [0.5, 0.6) is 0 Å². The summed E-state index contributed by atoms with van der Waals surface area (Å²) in [5.74, 6) is 0. The van der Waals surface area contributed by atoms with Gasteiger partial charge < -0.3 is 10.2 Å². The van der Waals surface area contributed by atoms with Crippen molar-refractivity contribution in [3.63, 3.8) is 0 Å². The van der Waals surface area contributed by atoms with Gasteiger partial charge in [-0.25, -0.2) is 4.98 Å². The maximum absolute atomic E-state index is 12.3. The minimum Gasteiger partial charge on any atom is -0.360 e. The van der Waals surface area contributed by atoms with Gasteiger partial charge in [-0.05, 0) is 0 Å². The van der Waals surface area contributed by atoms with Gasteiger partial charge in [-0.15, -0.1) is 0 Å². The molecule has 1 saturated heterocycles. The fraction of sp³-hybridized carbons (Fsp3) is 0.625. The van der Waals surface area contributed by atoms with Crippen LogP contribution >= 0.6 is 11.3 Å². The average molecular weight is 237 g/mol. The van der Waals surface area contributed by atoms with Gasteiger partial charge in [0.15, 0.2) is 5.01 Å². The first-order chi connectivity index (χ1) is 7.07. The summed E-state index contributed by atoms with van der Waals surface area (Å²) in [6, 6.07) is 0. The molecule has 84 valence electrons. The van der Waals surface area contributed by atoms with E-state index in [1.165, 1.54) is 6.20 Å². The van der Waals surface area contributed by atoms with E-state index in [1.807, 2.05) is 4.90 Å². The monoisotopic (exact) mass is 237 g/mol. The third-order valence-electron chi connectivity index (χ3n) is 2.16. The molecule has 0 atom stereocenters. The van der Waals surface area contributed by atoms with Crippen LogP contribution in [0.25, 0.3) is 0 Å². The minimum atomic E-state index is -4.32. The number of halogens is 3. The zero-order chi connectivity index (χ0) is 10.9.